The number of aromatic nitrogens is 1. The van der Waals surface area contributed by atoms with Gasteiger partial charge in [0.05, 0.1) is 5.52 Å². The van der Waals surface area contributed by atoms with E-state index in [1.54, 1.807) is 6.20 Å². The summed E-state index contributed by atoms with van der Waals surface area (Å²) in [6.45, 7) is 0. The molecule has 0 radical (unpaired) electrons. The summed E-state index contributed by atoms with van der Waals surface area (Å²) in [6.07, 6.45) is 2.13. The summed E-state index contributed by atoms with van der Waals surface area (Å²) < 4.78 is 0. The Labute approximate surface area is 98.2 Å². The molecular formula is C12H11ClN2O. The Morgan fingerprint density at radius 2 is 2.12 bits per heavy atom. The van der Waals surface area contributed by atoms with E-state index in [1.807, 2.05) is 30.3 Å². The van der Waals surface area contributed by atoms with E-state index in [0.29, 0.717) is 6.42 Å². The molecule has 1 atom stereocenters. The van der Waals surface area contributed by atoms with Gasteiger partial charge in [0, 0.05) is 11.6 Å². The Bertz CT molecular complexity index is 522. The van der Waals surface area contributed by atoms with E-state index < -0.39 is 11.3 Å². The minimum Gasteiger partial charge on any atom is -0.368 e. The number of halogens is 1. The minimum absolute atomic E-state index is 0.408. The maximum absolute atomic E-state index is 10.9. The molecular weight excluding hydrogens is 224 g/mol. The number of para-hydroxylation sites is 1. The molecule has 1 aromatic heterocycles. The number of carbonyl (C=O) groups is 1. The Morgan fingerprint density at radius 3 is 2.88 bits per heavy atom. The van der Waals surface area contributed by atoms with E-state index in [1.165, 1.54) is 0 Å². The van der Waals surface area contributed by atoms with Crippen molar-refractivity contribution in [1.82, 2.24) is 4.98 Å². The smallest absolute Gasteiger partial charge is 0.235 e. The number of benzene rings is 1. The lowest BCUT2D eigenvalue weighted by Crippen LogP contribution is -2.25. The average molecular weight is 235 g/mol. The second kappa shape index (κ2) is 4.49. The highest BCUT2D eigenvalue weighted by molar-refractivity contribution is 6.30. The average Bonchev–Trinajstić information content (AvgIpc) is 2.29. The molecule has 16 heavy (non-hydrogen) atoms. The third-order valence-corrected chi connectivity index (χ3v) is 2.79. The molecule has 0 spiro atoms. The third kappa shape index (κ3) is 2.14. The number of rotatable bonds is 3. The van der Waals surface area contributed by atoms with Crippen LogP contribution in [-0.2, 0) is 11.2 Å². The molecule has 0 aliphatic rings. The van der Waals surface area contributed by atoms with Crippen LogP contribution in [0, 0.1) is 0 Å². The van der Waals surface area contributed by atoms with Crippen LogP contribution in [-0.4, -0.2) is 16.3 Å². The summed E-state index contributed by atoms with van der Waals surface area (Å²) in [5.74, 6) is -0.505. The van der Waals surface area contributed by atoms with Crippen molar-refractivity contribution in [2.45, 2.75) is 11.8 Å². The zero-order valence-corrected chi connectivity index (χ0v) is 9.32. The Morgan fingerprint density at radius 1 is 1.38 bits per heavy atom. The first kappa shape index (κ1) is 10.9. The van der Waals surface area contributed by atoms with Gasteiger partial charge in [-0.05, 0) is 18.1 Å². The van der Waals surface area contributed by atoms with Crippen LogP contribution in [0.5, 0.6) is 0 Å². The van der Waals surface area contributed by atoms with Crippen molar-refractivity contribution >= 4 is 28.4 Å². The molecule has 3 nitrogen and oxygen atoms in total. The Hall–Kier alpha value is -1.61. The minimum atomic E-state index is -0.687. The number of nitrogens with zero attached hydrogens (tertiary/aromatic N) is 1. The molecule has 2 rings (SSSR count). The van der Waals surface area contributed by atoms with Gasteiger partial charge in [-0.1, -0.05) is 24.3 Å². The van der Waals surface area contributed by atoms with Gasteiger partial charge >= 0.3 is 0 Å². The fourth-order valence-corrected chi connectivity index (χ4v) is 1.79. The highest BCUT2D eigenvalue weighted by Crippen LogP contribution is 2.18. The number of hydrogen-bond acceptors (Lipinski definition) is 2. The lowest BCUT2D eigenvalue weighted by atomic mass is 10.1. The maximum Gasteiger partial charge on any atom is 0.235 e. The zero-order chi connectivity index (χ0) is 11.5. The lowest BCUT2D eigenvalue weighted by Gasteiger charge is -2.07. The fourth-order valence-electron chi connectivity index (χ4n) is 1.63. The maximum atomic E-state index is 10.9. The number of hydrogen-bond donors (Lipinski definition) is 1. The second-order valence-corrected chi connectivity index (χ2v) is 4.09. The molecule has 0 aliphatic heterocycles. The summed E-state index contributed by atoms with van der Waals surface area (Å²) in [5, 5.41) is 0.348. The molecule has 0 fully saturated rings. The first-order valence-corrected chi connectivity index (χ1v) is 5.38. The Balaban J connectivity index is 2.41. The molecule has 1 amide bonds. The standard InChI is InChI=1S/C12H11ClN2O/c13-10(12(14)16)7-9-4-1-3-8-5-2-6-15-11(8)9/h1-6,10H,7H2,(H2,14,16). The van der Waals surface area contributed by atoms with Gasteiger partial charge in [-0.3, -0.25) is 9.78 Å². The van der Waals surface area contributed by atoms with Crippen molar-refractivity contribution in [2.24, 2.45) is 5.73 Å². The summed E-state index contributed by atoms with van der Waals surface area (Å²) in [4.78, 5) is 15.2. The number of carbonyl (C=O) groups excluding carboxylic acids is 1. The first-order chi connectivity index (χ1) is 7.68. The molecule has 82 valence electrons. The van der Waals surface area contributed by atoms with E-state index in [2.05, 4.69) is 4.98 Å². The van der Waals surface area contributed by atoms with Crippen molar-refractivity contribution in [3.63, 3.8) is 0 Å². The molecule has 0 saturated heterocycles. The monoisotopic (exact) mass is 234 g/mol. The van der Waals surface area contributed by atoms with Crippen LogP contribution in [0.15, 0.2) is 36.5 Å². The van der Waals surface area contributed by atoms with Crippen molar-refractivity contribution < 1.29 is 4.79 Å². The van der Waals surface area contributed by atoms with Gasteiger partial charge in [-0.25, -0.2) is 0 Å². The predicted octanol–water partition coefficient (Wildman–Crippen LogP) is 1.87. The van der Waals surface area contributed by atoms with Crippen LogP contribution in [0.3, 0.4) is 0 Å². The van der Waals surface area contributed by atoms with Crippen molar-refractivity contribution in [3.8, 4) is 0 Å². The molecule has 0 bridgehead atoms. The van der Waals surface area contributed by atoms with E-state index in [4.69, 9.17) is 17.3 Å². The number of fused-ring (bicyclic) bond motifs is 1. The molecule has 2 N–H and O–H groups in total. The van der Waals surface area contributed by atoms with Gasteiger partial charge in [-0.15, -0.1) is 11.6 Å². The normalized spacial score (nSPS) is 12.6. The molecule has 2 aromatic rings. The first-order valence-electron chi connectivity index (χ1n) is 4.94. The largest absolute Gasteiger partial charge is 0.368 e. The number of amides is 1. The van der Waals surface area contributed by atoms with E-state index in [-0.39, 0.29) is 0 Å². The molecule has 1 aromatic carbocycles. The van der Waals surface area contributed by atoms with Crippen LogP contribution in [0.1, 0.15) is 5.56 Å². The van der Waals surface area contributed by atoms with E-state index in [9.17, 15) is 4.79 Å². The van der Waals surface area contributed by atoms with Crippen LogP contribution in [0.4, 0.5) is 0 Å². The summed E-state index contributed by atoms with van der Waals surface area (Å²) in [5.41, 5.74) is 6.95. The SMILES string of the molecule is NC(=O)C(Cl)Cc1cccc2cccnc12. The van der Waals surface area contributed by atoms with Gasteiger partial charge in [0.1, 0.15) is 5.38 Å². The van der Waals surface area contributed by atoms with Gasteiger partial charge in [0.25, 0.3) is 0 Å². The van der Waals surface area contributed by atoms with Crippen LogP contribution < -0.4 is 5.73 Å². The summed E-state index contributed by atoms with van der Waals surface area (Å²) >= 11 is 5.85. The number of pyridine rings is 1. The van der Waals surface area contributed by atoms with E-state index in [0.717, 1.165) is 16.5 Å². The Kier molecular flexibility index (Phi) is 3.06. The molecule has 0 aliphatic carbocycles. The molecule has 4 heteroatoms. The number of primary amides is 1. The topological polar surface area (TPSA) is 56.0 Å². The van der Waals surface area contributed by atoms with Gasteiger partial charge < -0.3 is 5.73 Å². The van der Waals surface area contributed by atoms with Crippen LogP contribution in [0.25, 0.3) is 10.9 Å². The van der Waals surface area contributed by atoms with Crippen molar-refractivity contribution in [1.29, 1.82) is 0 Å². The highest BCUT2D eigenvalue weighted by atomic mass is 35.5. The second-order valence-electron chi connectivity index (χ2n) is 3.57. The number of alkyl halides is 1. The van der Waals surface area contributed by atoms with E-state index >= 15 is 0 Å². The summed E-state index contributed by atoms with van der Waals surface area (Å²) in [7, 11) is 0. The lowest BCUT2D eigenvalue weighted by molar-refractivity contribution is -0.117. The van der Waals surface area contributed by atoms with Gasteiger partial charge in [0.2, 0.25) is 5.91 Å². The van der Waals surface area contributed by atoms with Crippen molar-refractivity contribution in [3.05, 3.63) is 42.1 Å². The van der Waals surface area contributed by atoms with Crippen LogP contribution in [0.2, 0.25) is 0 Å². The predicted molar refractivity (Wildman–Crippen MR) is 64.3 cm³/mol. The quantitative estimate of drug-likeness (QED) is 0.825. The fraction of sp³-hybridized carbons (Fsp3) is 0.167. The number of nitrogens with two attached hydrogens (primary N) is 1. The molecule has 1 heterocycles. The third-order valence-electron chi connectivity index (χ3n) is 2.42. The van der Waals surface area contributed by atoms with Gasteiger partial charge in [-0.2, -0.15) is 0 Å². The van der Waals surface area contributed by atoms with Gasteiger partial charge in [0.15, 0.2) is 0 Å². The zero-order valence-electron chi connectivity index (χ0n) is 8.56. The van der Waals surface area contributed by atoms with Crippen LogP contribution >= 0.6 is 11.6 Å². The molecule has 0 saturated carbocycles. The highest BCUT2D eigenvalue weighted by Gasteiger charge is 2.13. The molecule has 1 unspecified atom stereocenters. The summed E-state index contributed by atoms with van der Waals surface area (Å²) in [6, 6.07) is 9.65. The van der Waals surface area contributed by atoms with Crippen molar-refractivity contribution in [2.75, 3.05) is 0 Å².